The van der Waals surface area contributed by atoms with Crippen LogP contribution in [-0.2, 0) is 27.3 Å². The number of aryl methyl sites for hydroxylation is 1. The van der Waals surface area contributed by atoms with Crippen molar-refractivity contribution in [1.29, 1.82) is 0 Å². The Hall–Kier alpha value is -3.15. The van der Waals surface area contributed by atoms with Gasteiger partial charge >= 0.3 is 5.97 Å². The molecular weight excluding hydrogens is 368 g/mol. The van der Waals surface area contributed by atoms with Gasteiger partial charge in [0.2, 0.25) is 11.8 Å². The number of amides is 2. The van der Waals surface area contributed by atoms with E-state index in [1.807, 2.05) is 43.3 Å². The first-order valence-electron chi connectivity index (χ1n) is 9.77. The molecule has 0 aliphatic carbocycles. The van der Waals surface area contributed by atoms with Crippen molar-refractivity contribution in [3.05, 3.63) is 65.2 Å². The largest absolute Gasteiger partial charge is 0.481 e. The molecule has 2 unspecified atom stereocenters. The first-order valence-corrected chi connectivity index (χ1v) is 9.77. The monoisotopic (exact) mass is 394 g/mol. The van der Waals surface area contributed by atoms with Gasteiger partial charge in [0, 0.05) is 25.2 Å². The summed E-state index contributed by atoms with van der Waals surface area (Å²) in [5.74, 6) is -1.84. The van der Waals surface area contributed by atoms with Crippen molar-refractivity contribution in [1.82, 2.24) is 4.90 Å². The molecule has 0 aromatic heterocycles. The zero-order chi connectivity index (χ0) is 21.0. The van der Waals surface area contributed by atoms with E-state index >= 15 is 0 Å². The Bertz CT molecular complexity index is 890. The van der Waals surface area contributed by atoms with Crippen LogP contribution in [0.5, 0.6) is 0 Å². The summed E-state index contributed by atoms with van der Waals surface area (Å²) < 4.78 is 0. The van der Waals surface area contributed by atoms with Crippen LogP contribution in [0.4, 0.5) is 5.69 Å². The summed E-state index contributed by atoms with van der Waals surface area (Å²) >= 11 is 0. The third-order valence-corrected chi connectivity index (χ3v) is 5.26. The first kappa shape index (κ1) is 20.6. The topological polar surface area (TPSA) is 86.7 Å². The highest BCUT2D eigenvalue weighted by atomic mass is 16.4. The molecule has 2 aromatic carbocycles. The predicted octanol–water partition coefficient (Wildman–Crippen LogP) is 3.25. The van der Waals surface area contributed by atoms with Crippen LogP contribution in [0, 0.1) is 18.8 Å². The number of carboxylic acid groups (broad SMARTS) is 1. The minimum absolute atomic E-state index is 0.0104. The van der Waals surface area contributed by atoms with Crippen molar-refractivity contribution in [3.63, 3.8) is 0 Å². The maximum Gasteiger partial charge on any atom is 0.306 e. The predicted molar refractivity (Wildman–Crippen MR) is 110 cm³/mol. The number of aliphatic carboxylic acids is 1. The van der Waals surface area contributed by atoms with E-state index in [1.54, 1.807) is 24.0 Å². The Morgan fingerprint density at radius 1 is 1.10 bits per heavy atom. The Morgan fingerprint density at radius 2 is 1.72 bits per heavy atom. The standard InChI is InChI=1S/C23H26N2O4/c1-15-3-5-18(6-4-15)13-25-14-19(12-21(25)26)22(27)24-20-9-7-17(8-10-20)11-16(2)23(28)29/h3-10,16,19H,11-14H2,1-2H3,(H,24,27)(H,28,29). The molecule has 6 heteroatoms. The molecule has 2 N–H and O–H groups in total. The summed E-state index contributed by atoms with van der Waals surface area (Å²) in [7, 11) is 0. The van der Waals surface area contributed by atoms with Gasteiger partial charge in [0.25, 0.3) is 0 Å². The molecule has 3 rings (SSSR count). The maximum atomic E-state index is 12.6. The van der Waals surface area contributed by atoms with Gasteiger partial charge in [0.05, 0.1) is 11.8 Å². The second-order valence-corrected chi connectivity index (χ2v) is 7.79. The molecule has 29 heavy (non-hydrogen) atoms. The Kier molecular flexibility index (Phi) is 6.32. The van der Waals surface area contributed by atoms with Gasteiger partial charge in [0.15, 0.2) is 0 Å². The highest BCUT2D eigenvalue weighted by Gasteiger charge is 2.34. The van der Waals surface area contributed by atoms with Crippen molar-refractivity contribution < 1.29 is 19.5 Å². The number of hydrogen-bond acceptors (Lipinski definition) is 3. The quantitative estimate of drug-likeness (QED) is 0.755. The fourth-order valence-electron chi connectivity index (χ4n) is 3.42. The lowest BCUT2D eigenvalue weighted by atomic mass is 10.0. The van der Waals surface area contributed by atoms with E-state index in [4.69, 9.17) is 5.11 Å². The van der Waals surface area contributed by atoms with Crippen LogP contribution in [0.15, 0.2) is 48.5 Å². The van der Waals surface area contributed by atoms with E-state index in [2.05, 4.69) is 5.32 Å². The van der Waals surface area contributed by atoms with Gasteiger partial charge in [-0.25, -0.2) is 0 Å². The van der Waals surface area contributed by atoms with Crippen LogP contribution in [0.2, 0.25) is 0 Å². The molecule has 6 nitrogen and oxygen atoms in total. The summed E-state index contributed by atoms with van der Waals surface area (Å²) in [4.78, 5) is 37.6. The lowest BCUT2D eigenvalue weighted by Gasteiger charge is -2.17. The molecule has 1 saturated heterocycles. The number of carbonyl (C=O) groups is 3. The van der Waals surface area contributed by atoms with Gasteiger partial charge in [-0.05, 0) is 36.6 Å². The Balaban J connectivity index is 1.55. The number of nitrogens with one attached hydrogen (secondary N) is 1. The van der Waals surface area contributed by atoms with Crippen LogP contribution >= 0.6 is 0 Å². The number of rotatable bonds is 7. The summed E-state index contributed by atoms with van der Waals surface area (Å²) in [6, 6.07) is 15.2. The van der Waals surface area contributed by atoms with Gasteiger partial charge in [-0.1, -0.05) is 48.9 Å². The second-order valence-electron chi connectivity index (χ2n) is 7.79. The zero-order valence-electron chi connectivity index (χ0n) is 16.7. The molecule has 0 spiro atoms. The van der Waals surface area contributed by atoms with E-state index in [9.17, 15) is 14.4 Å². The molecule has 0 bridgehead atoms. The van der Waals surface area contributed by atoms with Crippen molar-refractivity contribution in [2.24, 2.45) is 11.8 Å². The van der Waals surface area contributed by atoms with Crippen molar-refractivity contribution >= 4 is 23.5 Å². The van der Waals surface area contributed by atoms with E-state index in [1.165, 1.54) is 5.56 Å². The molecule has 1 aliphatic heterocycles. The highest BCUT2D eigenvalue weighted by molar-refractivity contribution is 5.97. The van der Waals surface area contributed by atoms with E-state index < -0.39 is 11.9 Å². The number of anilines is 1. The van der Waals surface area contributed by atoms with Crippen molar-refractivity contribution in [2.75, 3.05) is 11.9 Å². The summed E-state index contributed by atoms with van der Waals surface area (Å²) in [6.45, 7) is 4.61. The molecule has 2 aromatic rings. The minimum atomic E-state index is -0.830. The van der Waals surface area contributed by atoms with Crippen LogP contribution in [0.25, 0.3) is 0 Å². The normalized spacial score (nSPS) is 17.2. The zero-order valence-corrected chi connectivity index (χ0v) is 16.7. The summed E-state index contributed by atoms with van der Waals surface area (Å²) in [5.41, 5.74) is 3.77. The van der Waals surface area contributed by atoms with Crippen LogP contribution < -0.4 is 5.32 Å². The smallest absolute Gasteiger partial charge is 0.306 e. The molecule has 0 radical (unpaired) electrons. The highest BCUT2D eigenvalue weighted by Crippen LogP contribution is 2.22. The third kappa shape index (κ3) is 5.44. The fraction of sp³-hybridized carbons (Fsp3) is 0.348. The van der Waals surface area contributed by atoms with Crippen LogP contribution in [0.1, 0.15) is 30.0 Å². The maximum absolute atomic E-state index is 12.6. The summed E-state index contributed by atoms with van der Waals surface area (Å²) in [6.07, 6.45) is 0.653. The molecular formula is C23H26N2O4. The van der Waals surface area contributed by atoms with Crippen molar-refractivity contribution in [2.45, 2.75) is 33.2 Å². The molecule has 2 amide bonds. The van der Waals surface area contributed by atoms with E-state index in [0.29, 0.717) is 25.2 Å². The van der Waals surface area contributed by atoms with Crippen LogP contribution in [-0.4, -0.2) is 34.3 Å². The molecule has 2 atom stereocenters. The Labute approximate surface area is 170 Å². The Morgan fingerprint density at radius 3 is 2.34 bits per heavy atom. The van der Waals surface area contributed by atoms with E-state index in [0.717, 1.165) is 11.1 Å². The number of nitrogens with zero attached hydrogens (tertiary/aromatic N) is 1. The van der Waals surface area contributed by atoms with Crippen LogP contribution in [0.3, 0.4) is 0 Å². The second kappa shape index (κ2) is 8.90. The molecule has 1 heterocycles. The number of hydrogen-bond donors (Lipinski definition) is 2. The SMILES string of the molecule is Cc1ccc(CN2CC(C(=O)Nc3ccc(CC(C)C(=O)O)cc3)CC2=O)cc1. The third-order valence-electron chi connectivity index (χ3n) is 5.26. The van der Waals surface area contributed by atoms with E-state index in [-0.39, 0.29) is 24.2 Å². The number of carbonyl (C=O) groups excluding carboxylic acids is 2. The lowest BCUT2D eigenvalue weighted by Crippen LogP contribution is -2.28. The fourth-order valence-corrected chi connectivity index (χ4v) is 3.42. The minimum Gasteiger partial charge on any atom is -0.481 e. The van der Waals surface area contributed by atoms with Gasteiger partial charge < -0.3 is 15.3 Å². The first-order chi connectivity index (χ1) is 13.8. The average molecular weight is 394 g/mol. The number of likely N-dealkylation sites (tertiary alicyclic amines) is 1. The number of carboxylic acids is 1. The molecule has 152 valence electrons. The van der Waals surface area contributed by atoms with Gasteiger partial charge in [-0.3, -0.25) is 14.4 Å². The van der Waals surface area contributed by atoms with Gasteiger partial charge in [0.1, 0.15) is 0 Å². The van der Waals surface area contributed by atoms with Gasteiger partial charge in [-0.2, -0.15) is 0 Å². The van der Waals surface area contributed by atoms with Crippen molar-refractivity contribution in [3.8, 4) is 0 Å². The molecule has 1 aliphatic rings. The average Bonchev–Trinajstić information content (AvgIpc) is 3.05. The number of benzene rings is 2. The summed E-state index contributed by atoms with van der Waals surface area (Å²) in [5, 5.41) is 11.9. The molecule has 1 fully saturated rings. The van der Waals surface area contributed by atoms with Gasteiger partial charge in [-0.15, -0.1) is 0 Å². The molecule has 0 saturated carbocycles. The lowest BCUT2D eigenvalue weighted by molar-refractivity contribution is -0.141.